The van der Waals surface area contributed by atoms with Gasteiger partial charge in [-0.05, 0) is 48.9 Å². The van der Waals surface area contributed by atoms with Crippen molar-refractivity contribution < 1.29 is 28.8 Å². The molecule has 4 aromatic heterocycles. The molecule has 0 amide bonds. The summed E-state index contributed by atoms with van der Waals surface area (Å²) in [5.41, 5.74) is 6.43. The van der Waals surface area contributed by atoms with Gasteiger partial charge in [0.05, 0.1) is 30.7 Å². The highest BCUT2D eigenvalue weighted by molar-refractivity contribution is 7.28. The van der Waals surface area contributed by atoms with E-state index in [-0.39, 0.29) is 5.57 Å². The number of aromatic nitrogens is 1. The van der Waals surface area contributed by atoms with Crippen LogP contribution >= 0.6 is 34.0 Å². The van der Waals surface area contributed by atoms with Crippen LogP contribution in [-0.2, 0) is 4.79 Å². The number of benzene rings is 3. The monoisotopic (exact) mass is 740 g/mol. The van der Waals surface area contributed by atoms with E-state index in [4.69, 9.17) is 18.9 Å². The fourth-order valence-electron chi connectivity index (χ4n) is 6.67. The van der Waals surface area contributed by atoms with E-state index in [0.717, 1.165) is 57.8 Å². The highest BCUT2D eigenvalue weighted by atomic mass is 32.1. The largest absolute Gasteiger partial charge is 0.485 e. The highest BCUT2D eigenvalue weighted by Gasteiger charge is 2.34. The average Bonchev–Trinajstić information content (AvgIpc) is 3.96. The summed E-state index contributed by atoms with van der Waals surface area (Å²) in [6.45, 7) is 3.56. The number of rotatable bonds is 7. The highest BCUT2D eigenvalue weighted by Crippen LogP contribution is 2.61. The first-order valence-electron chi connectivity index (χ1n) is 16.6. The molecule has 0 aliphatic carbocycles. The van der Waals surface area contributed by atoms with Crippen LogP contribution in [0.5, 0.6) is 23.0 Å². The number of carboxylic acids is 1. The SMILES string of the molecule is Cc1ccc(-n2c(-c3ccccc3)c(-c3ccc(-c4sc(-c5sc(/C=C(\C#N)C(=O)O)c6c5OCCO6)c5c4OCCO5)s3)c3ccccc32)cc1. The summed E-state index contributed by atoms with van der Waals surface area (Å²) >= 11 is 4.55. The van der Waals surface area contributed by atoms with Crippen LogP contribution in [0.3, 0.4) is 0 Å². The summed E-state index contributed by atoms with van der Waals surface area (Å²) in [7, 11) is 0. The Labute approximate surface area is 310 Å². The number of hydrogen-bond acceptors (Lipinski definition) is 9. The number of carboxylic acid groups (broad SMARTS) is 1. The molecule has 11 heteroatoms. The third kappa shape index (κ3) is 5.35. The van der Waals surface area contributed by atoms with Crippen molar-refractivity contribution in [3.8, 4) is 76.0 Å². The summed E-state index contributed by atoms with van der Waals surface area (Å²) < 4.78 is 27.0. The summed E-state index contributed by atoms with van der Waals surface area (Å²) in [4.78, 5) is 16.8. The van der Waals surface area contributed by atoms with Gasteiger partial charge in [-0.3, -0.25) is 0 Å². The molecule has 0 bridgehead atoms. The van der Waals surface area contributed by atoms with Gasteiger partial charge in [0, 0.05) is 26.4 Å². The Morgan fingerprint density at radius 3 is 2.06 bits per heavy atom. The molecular weight excluding hydrogens is 713 g/mol. The third-order valence-corrected chi connectivity index (χ3v) is 12.6. The molecule has 0 unspecified atom stereocenters. The number of aliphatic carboxylic acids is 1. The van der Waals surface area contributed by atoms with E-state index in [2.05, 4.69) is 96.4 Å². The van der Waals surface area contributed by atoms with Crippen molar-refractivity contribution in [3.05, 3.63) is 107 Å². The smallest absolute Gasteiger partial charge is 0.346 e. The Balaban J connectivity index is 1.22. The summed E-state index contributed by atoms with van der Waals surface area (Å²) in [5, 5.41) is 20.2. The maximum Gasteiger partial charge on any atom is 0.346 e. The number of nitrogens with zero attached hydrogens (tertiary/aromatic N) is 2. The maximum absolute atomic E-state index is 11.7. The zero-order valence-corrected chi connectivity index (χ0v) is 30.1. The molecule has 52 heavy (non-hydrogen) atoms. The van der Waals surface area contributed by atoms with Gasteiger partial charge in [0.1, 0.15) is 38.1 Å². The fraction of sp³-hybridized carbons (Fsp3) is 0.122. The average molecular weight is 741 g/mol. The normalized spacial score (nSPS) is 13.7. The summed E-state index contributed by atoms with van der Waals surface area (Å²) in [6.07, 6.45) is 1.34. The second-order valence-electron chi connectivity index (χ2n) is 12.2. The molecule has 2 aliphatic heterocycles. The van der Waals surface area contributed by atoms with Crippen molar-refractivity contribution in [1.82, 2.24) is 4.57 Å². The lowest BCUT2D eigenvalue weighted by atomic mass is 10.0. The molecule has 0 radical (unpaired) electrons. The minimum atomic E-state index is -1.30. The number of nitriles is 1. The number of aryl methyl sites for hydroxylation is 1. The summed E-state index contributed by atoms with van der Waals surface area (Å²) in [6, 6.07) is 33.8. The first-order chi connectivity index (χ1) is 25.5. The Morgan fingerprint density at radius 1 is 0.731 bits per heavy atom. The van der Waals surface area contributed by atoms with Crippen LogP contribution in [0.15, 0.2) is 96.6 Å². The van der Waals surface area contributed by atoms with Gasteiger partial charge in [0.15, 0.2) is 23.0 Å². The topological polar surface area (TPSA) is 103 Å². The van der Waals surface area contributed by atoms with Gasteiger partial charge in [-0.2, -0.15) is 5.26 Å². The van der Waals surface area contributed by atoms with Crippen LogP contribution in [0.1, 0.15) is 10.4 Å². The number of carbonyl (C=O) groups is 1. The van der Waals surface area contributed by atoms with E-state index in [0.29, 0.717) is 54.3 Å². The van der Waals surface area contributed by atoms with Crippen LogP contribution in [0.2, 0.25) is 0 Å². The van der Waals surface area contributed by atoms with Gasteiger partial charge in [-0.25, -0.2) is 4.79 Å². The zero-order valence-electron chi connectivity index (χ0n) is 27.7. The van der Waals surface area contributed by atoms with Gasteiger partial charge in [-0.1, -0.05) is 66.2 Å². The van der Waals surface area contributed by atoms with Crippen molar-refractivity contribution in [2.45, 2.75) is 6.92 Å². The van der Waals surface area contributed by atoms with Crippen LogP contribution in [0.25, 0.3) is 63.9 Å². The lowest BCUT2D eigenvalue weighted by Crippen LogP contribution is -2.15. The molecule has 9 rings (SSSR count). The molecule has 2 aliphatic rings. The molecule has 0 saturated heterocycles. The van der Waals surface area contributed by atoms with Gasteiger partial charge in [-0.15, -0.1) is 34.0 Å². The van der Waals surface area contributed by atoms with E-state index >= 15 is 0 Å². The third-order valence-electron chi connectivity index (χ3n) is 8.95. The van der Waals surface area contributed by atoms with Gasteiger partial charge in [0.25, 0.3) is 0 Å². The van der Waals surface area contributed by atoms with Crippen molar-refractivity contribution >= 4 is 57.0 Å². The Hall–Kier alpha value is -5.80. The minimum absolute atomic E-state index is 0.315. The van der Waals surface area contributed by atoms with E-state index in [1.54, 1.807) is 28.7 Å². The molecule has 8 nitrogen and oxygen atoms in total. The van der Waals surface area contributed by atoms with Crippen molar-refractivity contribution in [1.29, 1.82) is 5.26 Å². The van der Waals surface area contributed by atoms with Gasteiger partial charge in [0.2, 0.25) is 0 Å². The Bertz CT molecular complexity index is 2580. The van der Waals surface area contributed by atoms with Crippen molar-refractivity contribution in [3.63, 3.8) is 0 Å². The van der Waals surface area contributed by atoms with E-state index < -0.39 is 5.97 Å². The second-order valence-corrected chi connectivity index (χ2v) is 15.3. The lowest BCUT2D eigenvalue weighted by Gasteiger charge is -2.18. The maximum atomic E-state index is 11.7. The first kappa shape index (κ1) is 32.1. The fourth-order valence-corrected chi connectivity index (χ4v) is 10.3. The van der Waals surface area contributed by atoms with E-state index in [1.807, 2.05) is 6.07 Å². The molecule has 0 fully saturated rings. The van der Waals surface area contributed by atoms with E-state index in [9.17, 15) is 15.2 Å². The molecule has 0 atom stereocenters. The van der Waals surface area contributed by atoms with Crippen LogP contribution in [-0.4, -0.2) is 42.1 Å². The lowest BCUT2D eigenvalue weighted by molar-refractivity contribution is -0.132. The van der Waals surface area contributed by atoms with Crippen LogP contribution in [0, 0.1) is 18.3 Å². The minimum Gasteiger partial charge on any atom is -0.485 e. The van der Waals surface area contributed by atoms with Gasteiger partial charge < -0.3 is 28.6 Å². The Kier molecular flexibility index (Phi) is 8.08. The molecular formula is C41H28N2O6S3. The molecule has 7 aromatic rings. The van der Waals surface area contributed by atoms with Gasteiger partial charge >= 0.3 is 5.97 Å². The van der Waals surface area contributed by atoms with Crippen LogP contribution in [0.4, 0.5) is 0 Å². The molecule has 3 aromatic carbocycles. The number of hydrogen-bond donors (Lipinski definition) is 1. The first-order valence-corrected chi connectivity index (χ1v) is 19.0. The molecule has 6 heterocycles. The predicted molar refractivity (Wildman–Crippen MR) is 207 cm³/mol. The second kappa shape index (κ2) is 13.1. The summed E-state index contributed by atoms with van der Waals surface area (Å²) in [5.74, 6) is 0.927. The molecule has 0 saturated carbocycles. The molecule has 1 N–H and O–H groups in total. The van der Waals surface area contributed by atoms with E-state index in [1.165, 1.54) is 23.0 Å². The molecule has 256 valence electrons. The predicted octanol–water partition coefficient (Wildman–Crippen LogP) is 10.3. The number of fused-ring (bicyclic) bond motifs is 3. The molecule has 0 spiro atoms. The zero-order chi connectivity index (χ0) is 35.3. The Morgan fingerprint density at radius 2 is 1.35 bits per heavy atom. The van der Waals surface area contributed by atoms with Crippen molar-refractivity contribution in [2.75, 3.05) is 26.4 Å². The standard InChI is InChI=1S/C41H28N2O6S3/c1-23-11-13-26(14-12-23)43-28-10-6-5-9-27(28)32(33(43)24-7-3-2-4-8-24)29-15-16-30(50-29)38-36-37(49-20-19-48-36)40(52-38)39-35-34(46-17-18-47-35)31(51-39)21-25(22-42)41(44)45/h2-16,21H,17-20H2,1H3,(H,44,45)/b25-21+. The van der Waals surface area contributed by atoms with Crippen molar-refractivity contribution in [2.24, 2.45) is 0 Å². The quantitative estimate of drug-likeness (QED) is 0.128. The number of para-hydroxylation sites is 1. The number of ether oxygens (including phenoxy) is 4. The van der Waals surface area contributed by atoms with Crippen LogP contribution < -0.4 is 18.9 Å². The number of thiophene rings is 3.